The molecule has 1 saturated carbocycles. The van der Waals surface area contributed by atoms with E-state index in [2.05, 4.69) is 39.3 Å². The molecule has 110 valence electrons. The van der Waals surface area contributed by atoms with Crippen molar-refractivity contribution < 1.29 is 0 Å². The van der Waals surface area contributed by atoms with E-state index in [1.165, 1.54) is 25.8 Å². The molecule has 1 atom stereocenters. The van der Waals surface area contributed by atoms with Crippen LogP contribution in [0.1, 0.15) is 38.9 Å². The van der Waals surface area contributed by atoms with Crippen molar-refractivity contribution in [3.63, 3.8) is 0 Å². The van der Waals surface area contributed by atoms with Crippen molar-refractivity contribution in [3.8, 4) is 0 Å². The molecule has 2 aliphatic rings. The zero-order valence-electron chi connectivity index (χ0n) is 12.5. The van der Waals surface area contributed by atoms with Crippen LogP contribution in [-0.4, -0.2) is 46.6 Å². The Kier molecular flexibility index (Phi) is 4.05. The summed E-state index contributed by atoms with van der Waals surface area (Å²) < 4.78 is 0. The lowest BCUT2D eigenvalue weighted by atomic mass is 10.2. The number of aromatic nitrogens is 2. The van der Waals surface area contributed by atoms with E-state index in [0.717, 1.165) is 43.0 Å². The Morgan fingerprint density at radius 2 is 2.00 bits per heavy atom. The highest BCUT2D eigenvalue weighted by atomic mass is 15.2. The van der Waals surface area contributed by atoms with Gasteiger partial charge in [0.25, 0.3) is 0 Å². The van der Waals surface area contributed by atoms with E-state index in [0.29, 0.717) is 6.04 Å². The molecule has 2 heterocycles. The summed E-state index contributed by atoms with van der Waals surface area (Å²) in [6.07, 6.45) is 4.88. The Hall–Kier alpha value is -1.36. The van der Waals surface area contributed by atoms with Gasteiger partial charge in [0, 0.05) is 44.2 Å². The average Bonchev–Trinajstić information content (AvgIpc) is 3.20. The minimum Gasteiger partial charge on any atom is -0.370 e. The molecule has 1 aliphatic heterocycles. The second-order valence-electron chi connectivity index (χ2n) is 5.79. The monoisotopic (exact) mass is 275 g/mol. The molecule has 1 aromatic heterocycles. The van der Waals surface area contributed by atoms with E-state index < -0.39 is 0 Å². The molecule has 2 fully saturated rings. The van der Waals surface area contributed by atoms with E-state index >= 15 is 0 Å². The Balaban J connectivity index is 1.65. The van der Waals surface area contributed by atoms with Crippen LogP contribution in [0, 0.1) is 0 Å². The summed E-state index contributed by atoms with van der Waals surface area (Å²) >= 11 is 0. The van der Waals surface area contributed by atoms with Crippen LogP contribution in [0.4, 0.5) is 11.6 Å². The van der Waals surface area contributed by atoms with Crippen LogP contribution >= 0.6 is 0 Å². The molecule has 0 aromatic carbocycles. The molecule has 3 rings (SSSR count). The Morgan fingerprint density at radius 3 is 2.70 bits per heavy atom. The minimum atomic E-state index is 0.532. The van der Waals surface area contributed by atoms with Gasteiger partial charge in [-0.25, -0.2) is 9.97 Å². The van der Waals surface area contributed by atoms with Crippen molar-refractivity contribution in [3.05, 3.63) is 11.9 Å². The maximum absolute atomic E-state index is 4.60. The smallest absolute Gasteiger partial charge is 0.132 e. The maximum atomic E-state index is 4.60. The highest BCUT2D eigenvalue weighted by molar-refractivity contribution is 5.48. The number of nitrogens with zero attached hydrogens (tertiary/aromatic N) is 3. The van der Waals surface area contributed by atoms with Gasteiger partial charge >= 0.3 is 0 Å². The first-order chi connectivity index (χ1) is 9.78. The van der Waals surface area contributed by atoms with Crippen LogP contribution in [0.2, 0.25) is 0 Å². The first-order valence-electron chi connectivity index (χ1n) is 7.91. The summed E-state index contributed by atoms with van der Waals surface area (Å²) in [6, 6.07) is 3.43. The molecule has 1 saturated heterocycles. The molecule has 1 unspecified atom stereocenters. The fraction of sp³-hybridized carbons (Fsp3) is 0.733. The molecule has 0 radical (unpaired) electrons. The zero-order chi connectivity index (χ0) is 13.9. The van der Waals surface area contributed by atoms with Crippen LogP contribution in [-0.2, 0) is 6.42 Å². The van der Waals surface area contributed by atoms with Crippen molar-refractivity contribution in [1.82, 2.24) is 14.9 Å². The zero-order valence-corrected chi connectivity index (χ0v) is 12.5. The number of rotatable bonds is 6. The van der Waals surface area contributed by atoms with E-state index in [9.17, 15) is 0 Å². The number of likely N-dealkylation sites (tertiary alicyclic amines) is 1. The minimum absolute atomic E-state index is 0.532. The van der Waals surface area contributed by atoms with Crippen molar-refractivity contribution in [2.75, 3.05) is 30.3 Å². The maximum Gasteiger partial charge on any atom is 0.132 e. The molecule has 5 heteroatoms. The molecule has 0 spiro atoms. The fourth-order valence-electron chi connectivity index (χ4n) is 2.89. The van der Waals surface area contributed by atoms with Crippen LogP contribution in [0.15, 0.2) is 6.07 Å². The van der Waals surface area contributed by atoms with Gasteiger partial charge in [0.1, 0.15) is 17.5 Å². The second kappa shape index (κ2) is 5.95. The molecule has 1 aliphatic carbocycles. The van der Waals surface area contributed by atoms with Gasteiger partial charge in [-0.2, -0.15) is 0 Å². The van der Waals surface area contributed by atoms with E-state index in [1.54, 1.807) is 0 Å². The summed E-state index contributed by atoms with van der Waals surface area (Å²) in [5.74, 6) is 2.80. The van der Waals surface area contributed by atoms with Gasteiger partial charge in [-0.1, -0.05) is 6.92 Å². The van der Waals surface area contributed by atoms with Crippen LogP contribution < -0.4 is 10.6 Å². The third-order valence-electron chi connectivity index (χ3n) is 4.08. The number of anilines is 2. The van der Waals surface area contributed by atoms with E-state index in [-0.39, 0.29) is 0 Å². The summed E-state index contributed by atoms with van der Waals surface area (Å²) in [7, 11) is 0. The summed E-state index contributed by atoms with van der Waals surface area (Å²) in [4.78, 5) is 11.7. The second-order valence-corrected chi connectivity index (χ2v) is 5.79. The molecular weight excluding hydrogens is 250 g/mol. The third-order valence-corrected chi connectivity index (χ3v) is 4.08. The molecule has 2 N–H and O–H groups in total. The average molecular weight is 275 g/mol. The number of nitrogens with one attached hydrogen (secondary N) is 2. The van der Waals surface area contributed by atoms with Gasteiger partial charge in [-0.3, -0.25) is 4.90 Å². The predicted octanol–water partition coefficient (Wildman–Crippen LogP) is 2.12. The Morgan fingerprint density at radius 1 is 1.20 bits per heavy atom. The number of aryl methyl sites for hydroxylation is 1. The number of hydrogen-bond acceptors (Lipinski definition) is 5. The van der Waals surface area contributed by atoms with Gasteiger partial charge in [-0.15, -0.1) is 0 Å². The fourth-order valence-corrected chi connectivity index (χ4v) is 2.89. The highest BCUT2D eigenvalue weighted by Gasteiger charge is 2.34. The molecule has 5 nitrogen and oxygen atoms in total. The molecule has 0 amide bonds. The van der Waals surface area contributed by atoms with E-state index in [1.807, 2.05) is 6.07 Å². The van der Waals surface area contributed by atoms with Crippen molar-refractivity contribution in [2.24, 2.45) is 0 Å². The first kappa shape index (κ1) is 13.6. The Bertz CT molecular complexity index is 458. The molecule has 1 aromatic rings. The predicted molar refractivity (Wildman–Crippen MR) is 82.2 cm³/mol. The summed E-state index contributed by atoms with van der Waals surface area (Å²) in [6.45, 7) is 7.46. The van der Waals surface area contributed by atoms with Gasteiger partial charge in [0.15, 0.2) is 0 Å². The topological polar surface area (TPSA) is 53.1 Å². The molecule has 0 bridgehead atoms. The summed E-state index contributed by atoms with van der Waals surface area (Å²) in [5, 5.41) is 6.88. The number of hydrogen-bond donors (Lipinski definition) is 2. The SMILES string of the molecule is CCNc1cc(NC2CCN(C3CC3)C2)nc(CC)n1. The van der Waals surface area contributed by atoms with Gasteiger partial charge in [-0.05, 0) is 26.2 Å². The van der Waals surface area contributed by atoms with Gasteiger partial charge in [0.2, 0.25) is 0 Å². The lowest BCUT2D eigenvalue weighted by Crippen LogP contribution is -2.28. The van der Waals surface area contributed by atoms with E-state index in [4.69, 9.17) is 0 Å². The standard InChI is InChI=1S/C15H25N5/c1-3-13-18-14(16-4-2)9-15(19-13)17-11-7-8-20(10-11)12-5-6-12/h9,11-12H,3-8,10H2,1-2H3,(H2,16,17,18,19). The highest BCUT2D eigenvalue weighted by Crippen LogP contribution is 2.30. The normalized spacial score (nSPS) is 23.0. The third kappa shape index (κ3) is 3.20. The van der Waals surface area contributed by atoms with Crippen molar-refractivity contribution in [2.45, 2.75) is 51.6 Å². The Labute approximate surface area is 121 Å². The van der Waals surface area contributed by atoms with Crippen LogP contribution in [0.3, 0.4) is 0 Å². The van der Waals surface area contributed by atoms with Gasteiger partial charge in [0.05, 0.1) is 0 Å². The molecule has 20 heavy (non-hydrogen) atoms. The first-order valence-corrected chi connectivity index (χ1v) is 7.91. The van der Waals surface area contributed by atoms with Crippen molar-refractivity contribution in [1.29, 1.82) is 0 Å². The van der Waals surface area contributed by atoms with Crippen LogP contribution in [0.5, 0.6) is 0 Å². The van der Waals surface area contributed by atoms with Crippen molar-refractivity contribution >= 4 is 11.6 Å². The largest absolute Gasteiger partial charge is 0.370 e. The lowest BCUT2D eigenvalue weighted by molar-refractivity contribution is 0.326. The molecular formula is C15H25N5. The lowest BCUT2D eigenvalue weighted by Gasteiger charge is -2.17. The quantitative estimate of drug-likeness (QED) is 0.833. The van der Waals surface area contributed by atoms with Crippen LogP contribution in [0.25, 0.3) is 0 Å². The summed E-state index contributed by atoms with van der Waals surface area (Å²) in [5.41, 5.74) is 0. The van der Waals surface area contributed by atoms with Gasteiger partial charge < -0.3 is 10.6 Å².